The van der Waals surface area contributed by atoms with Gasteiger partial charge in [0.05, 0.1) is 10.7 Å². The van der Waals surface area contributed by atoms with E-state index < -0.39 is 0 Å². The number of benzene rings is 1. The van der Waals surface area contributed by atoms with E-state index in [0.717, 1.165) is 17.4 Å². The Morgan fingerprint density at radius 1 is 1.29 bits per heavy atom. The molecule has 1 atom stereocenters. The van der Waals surface area contributed by atoms with Gasteiger partial charge in [-0.15, -0.1) is 11.3 Å². The summed E-state index contributed by atoms with van der Waals surface area (Å²) in [5.41, 5.74) is 2.53. The first kappa shape index (κ1) is 16.7. The van der Waals surface area contributed by atoms with Crippen LogP contribution in [0.15, 0.2) is 28.7 Å². The van der Waals surface area contributed by atoms with Crippen molar-refractivity contribution in [2.75, 3.05) is 6.54 Å². The molecular weight excluding hydrogens is 344 g/mol. The Kier molecular flexibility index (Phi) is 5.97. The third-order valence-electron chi connectivity index (χ3n) is 3.59. The molecule has 0 fully saturated rings. The highest BCUT2D eigenvalue weighted by atomic mass is 79.9. The quantitative estimate of drug-likeness (QED) is 0.790. The van der Waals surface area contributed by atoms with Gasteiger partial charge in [-0.1, -0.05) is 41.9 Å². The highest BCUT2D eigenvalue weighted by molar-refractivity contribution is 9.10. The average molecular weight is 367 g/mol. The fourth-order valence-electron chi connectivity index (χ4n) is 2.28. The van der Waals surface area contributed by atoms with Crippen molar-refractivity contribution in [3.05, 3.63) is 49.9 Å². The summed E-state index contributed by atoms with van der Waals surface area (Å²) in [7, 11) is 0. The zero-order chi connectivity index (χ0) is 15.4. The molecule has 0 amide bonds. The normalized spacial score (nSPS) is 12.9. The molecule has 2 aromatic rings. The van der Waals surface area contributed by atoms with Crippen molar-refractivity contribution in [3.63, 3.8) is 0 Å². The summed E-state index contributed by atoms with van der Waals surface area (Å²) >= 11 is 5.40. The van der Waals surface area contributed by atoms with E-state index in [9.17, 15) is 0 Å². The molecule has 1 unspecified atom stereocenters. The first-order chi connectivity index (χ1) is 9.95. The molecule has 0 bridgehead atoms. The van der Waals surface area contributed by atoms with E-state index in [2.05, 4.69) is 73.2 Å². The number of aromatic nitrogens is 1. The van der Waals surface area contributed by atoms with Crippen LogP contribution >= 0.6 is 27.3 Å². The van der Waals surface area contributed by atoms with Crippen LogP contribution in [0.2, 0.25) is 0 Å². The van der Waals surface area contributed by atoms with E-state index in [1.165, 1.54) is 21.1 Å². The largest absolute Gasteiger partial charge is 0.314 e. The van der Waals surface area contributed by atoms with Crippen molar-refractivity contribution >= 4 is 27.3 Å². The minimum Gasteiger partial charge on any atom is -0.314 e. The smallest absolute Gasteiger partial charge is 0.0937 e. The van der Waals surface area contributed by atoms with E-state index in [0.29, 0.717) is 12.0 Å². The number of hydrogen-bond donors (Lipinski definition) is 1. The molecule has 0 saturated heterocycles. The van der Waals surface area contributed by atoms with E-state index in [1.54, 1.807) is 0 Å². The molecule has 0 aliphatic rings. The maximum Gasteiger partial charge on any atom is 0.0937 e. The number of rotatable bonds is 6. The van der Waals surface area contributed by atoms with Crippen LogP contribution < -0.4 is 5.32 Å². The van der Waals surface area contributed by atoms with Gasteiger partial charge in [-0.05, 0) is 31.5 Å². The van der Waals surface area contributed by atoms with Crippen LogP contribution in [0.4, 0.5) is 0 Å². The molecule has 1 aromatic carbocycles. The topological polar surface area (TPSA) is 24.9 Å². The lowest BCUT2D eigenvalue weighted by atomic mass is 9.95. The fraction of sp³-hybridized carbons (Fsp3) is 0.471. The van der Waals surface area contributed by atoms with Crippen LogP contribution in [0.5, 0.6) is 0 Å². The van der Waals surface area contributed by atoms with Crippen LogP contribution in [-0.2, 0) is 6.42 Å². The second-order valence-corrected chi connectivity index (χ2v) is 7.97. The van der Waals surface area contributed by atoms with Gasteiger partial charge in [0.15, 0.2) is 0 Å². The van der Waals surface area contributed by atoms with Crippen LogP contribution in [0.1, 0.15) is 40.9 Å². The van der Waals surface area contributed by atoms with E-state index in [-0.39, 0.29) is 0 Å². The summed E-state index contributed by atoms with van der Waals surface area (Å²) in [6, 6.07) is 9.12. The maximum atomic E-state index is 4.70. The molecule has 4 heteroatoms. The van der Waals surface area contributed by atoms with Gasteiger partial charge in [0.1, 0.15) is 0 Å². The molecule has 1 aromatic heterocycles. The molecule has 114 valence electrons. The molecule has 0 saturated carbocycles. The van der Waals surface area contributed by atoms with Crippen molar-refractivity contribution in [2.24, 2.45) is 0 Å². The highest BCUT2D eigenvalue weighted by Gasteiger charge is 2.16. The van der Waals surface area contributed by atoms with Crippen LogP contribution in [0.3, 0.4) is 0 Å². The van der Waals surface area contributed by atoms with Gasteiger partial charge in [-0.25, -0.2) is 4.98 Å². The SMILES string of the molecule is Cc1nc(CC(CNC(C)C)c2cccc(Br)c2)sc1C. The first-order valence-corrected chi connectivity index (χ1v) is 8.98. The Hall–Kier alpha value is -0.710. The number of nitrogens with one attached hydrogen (secondary N) is 1. The lowest BCUT2D eigenvalue weighted by Gasteiger charge is -2.19. The van der Waals surface area contributed by atoms with Gasteiger partial charge < -0.3 is 5.32 Å². The van der Waals surface area contributed by atoms with Crippen LogP contribution in [0.25, 0.3) is 0 Å². The Labute approximate surface area is 140 Å². The first-order valence-electron chi connectivity index (χ1n) is 7.37. The van der Waals surface area contributed by atoms with Crippen molar-refractivity contribution in [1.29, 1.82) is 0 Å². The van der Waals surface area contributed by atoms with Crippen LogP contribution in [-0.4, -0.2) is 17.6 Å². The van der Waals surface area contributed by atoms with Crippen molar-refractivity contribution in [1.82, 2.24) is 10.3 Å². The molecule has 21 heavy (non-hydrogen) atoms. The maximum absolute atomic E-state index is 4.70. The number of aryl methyl sites for hydroxylation is 2. The van der Waals surface area contributed by atoms with Gasteiger partial charge in [-0.2, -0.15) is 0 Å². The average Bonchev–Trinajstić information content (AvgIpc) is 2.73. The Morgan fingerprint density at radius 3 is 2.62 bits per heavy atom. The van der Waals surface area contributed by atoms with Gasteiger partial charge in [0.2, 0.25) is 0 Å². The van der Waals surface area contributed by atoms with Gasteiger partial charge in [-0.3, -0.25) is 0 Å². The molecule has 0 spiro atoms. The lowest BCUT2D eigenvalue weighted by Crippen LogP contribution is -2.29. The summed E-state index contributed by atoms with van der Waals surface area (Å²) in [5, 5.41) is 4.80. The summed E-state index contributed by atoms with van der Waals surface area (Å²) in [6.45, 7) is 9.60. The minimum atomic E-state index is 0.454. The summed E-state index contributed by atoms with van der Waals surface area (Å²) < 4.78 is 1.14. The van der Waals surface area contributed by atoms with Crippen molar-refractivity contribution in [2.45, 2.75) is 46.1 Å². The number of halogens is 1. The summed E-state index contributed by atoms with van der Waals surface area (Å²) in [5.74, 6) is 0.454. The predicted octanol–water partition coefficient (Wildman–Crippen LogP) is 4.85. The standard InChI is InChI=1S/C17H23BrN2S/c1-11(2)19-10-15(14-6-5-7-16(18)8-14)9-17-20-12(3)13(4)21-17/h5-8,11,15,19H,9-10H2,1-4H3. The zero-order valence-electron chi connectivity index (χ0n) is 13.1. The predicted molar refractivity (Wildman–Crippen MR) is 95.3 cm³/mol. The second kappa shape index (κ2) is 7.52. The van der Waals surface area contributed by atoms with Gasteiger partial charge >= 0.3 is 0 Å². The van der Waals surface area contributed by atoms with E-state index >= 15 is 0 Å². The van der Waals surface area contributed by atoms with Gasteiger partial charge in [0.25, 0.3) is 0 Å². The summed E-state index contributed by atoms with van der Waals surface area (Å²) in [6.07, 6.45) is 0.996. The molecule has 0 radical (unpaired) electrons. The molecule has 0 aliphatic carbocycles. The Morgan fingerprint density at radius 2 is 2.05 bits per heavy atom. The highest BCUT2D eigenvalue weighted by Crippen LogP contribution is 2.26. The van der Waals surface area contributed by atoms with E-state index in [1.807, 2.05) is 11.3 Å². The minimum absolute atomic E-state index is 0.454. The number of thiazole rings is 1. The zero-order valence-corrected chi connectivity index (χ0v) is 15.5. The lowest BCUT2D eigenvalue weighted by molar-refractivity contribution is 0.526. The molecular formula is C17H23BrN2S. The molecule has 1 N–H and O–H groups in total. The van der Waals surface area contributed by atoms with Crippen molar-refractivity contribution in [3.8, 4) is 0 Å². The van der Waals surface area contributed by atoms with Crippen LogP contribution in [0, 0.1) is 13.8 Å². The summed E-state index contributed by atoms with van der Waals surface area (Å²) in [4.78, 5) is 6.03. The Bertz CT molecular complexity index is 573. The third kappa shape index (κ3) is 4.90. The number of hydrogen-bond acceptors (Lipinski definition) is 3. The second-order valence-electron chi connectivity index (χ2n) is 5.77. The Balaban J connectivity index is 2.19. The van der Waals surface area contributed by atoms with Crippen molar-refractivity contribution < 1.29 is 0 Å². The third-order valence-corrected chi connectivity index (χ3v) is 5.17. The monoisotopic (exact) mass is 366 g/mol. The van der Waals surface area contributed by atoms with Gasteiger partial charge in [0, 0.05) is 34.3 Å². The molecule has 0 aliphatic heterocycles. The molecule has 2 nitrogen and oxygen atoms in total. The number of nitrogens with zero attached hydrogens (tertiary/aromatic N) is 1. The molecule has 2 rings (SSSR count). The fourth-order valence-corrected chi connectivity index (χ4v) is 3.71. The molecule has 1 heterocycles. The van der Waals surface area contributed by atoms with E-state index in [4.69, 9.17) is 4.98 Å².